The maximum Gasteiger partial charge on any atom is 0.258 e. The van der Waals surface area contributed by atoms with E-state index in [0.717, 1.165) is 28.8 Å². The molecule has 3 rings (SSSR count). The zero-order valence-corrected chi connectivity index (χ0v) is 18.0. The highest BCUT2D eigenvalue weighted by atomic mass is 32.2. The van der Waals surface area contributed by atoms with Gasteiger partial charge in [0, 0.05) is 13.1 Å². The Morgan fingerprint density at radius 3 is 2.82 bits per heavy atom. The molecule has 0 spiro atoms. The number of thiazole rings is 1. The Hall–Kier alpha value is -1.80. The summed E-state index contributed by atoms with van der Waals surface area (Å²) < 4.78 is 8.47. The molecule has 28 heavy (non-hydrogen) atoms. The summed E-state index contributed by atoms with van der Waals surface area (Å²) >= 11 is 2.78. The lowest BCUT2D eigenvalue weighted by Crippen LogP contribution is -2.37. The van der Waals surface area contributed by atoms with Crippen LogP contribution >= 0.6 is 23.1 Å². The van der Waals surface area contributed by atoms with Gasteiger partial charge in [-0.05, 0) is 38.0 Å². The smallest absolute Gasteiger partial charge is 0.258 e. The molecule has 0 unspecified atom stereocenters. The van der Waals surface area contributed by atoms with E-state index in [9.17, 15) is 9.59 Å². The Labute approximate surface area is 173 Å². The number of fused-ring (bicyclic) bond motifs is 1. The standard InChI is InChI=1S/C20H27N3O3S2/c1-3-26-15-9-10-16-17(11-15)28-20(23(16)2)22-19(25)13-27-12-18(24)21-14-7-5-4-6-8-14/h9-11,14H,3-8,12-13H2,1-2H3,(H,21,24). The molecule has 1 saturated carbocycles. The van der Waals surface area contributed by atoms with Crippen molar-refractivity contribution in [3.8, 4) is 5.75 Å². The van der Waals surface area contributed by atoms with Gasteiger partial charge in [-0.25, -0.2) is 0 Å². The first-order valence-electron chi connectivity index (χ1n) is 9.74. The topological polar surface area (TPSA) is 72.7 Å². The molecule has 1 aliphatic carbocycles. The fraction of sp³-hybridized carbons (Fsp3) is 0.550. The molecule has 0 bridgehead atoms. The van der Waals surface area contributed by atoms with E-state index < -0.39 is 0 Å². The molecule has 8 heteroatoms. The second-order valence-corrected chi connectivity index (χ2v) is 8.90. The Morgan fingerprint density at radius 1 is 1.29 bits per heavy atom. The van der Waals surface area contributed by atoms with Gasteiger partial charge in [0.15, 0.2) is 4.80 Å². The number of rotatable bonds is 7. The second kappa shape index (κ2) is 10.1. The van der Waals surface area contributed by atoms with Gasteiger partial charge in [-0.3, -0.25) is 9.59 Å². The fourth-order valence-electron chi connectivity index (χ4n) is 3.36. The number of aryl methyl sites for hydroxylation is 1. The third-order valence-corrected chi connectivity index (χ3v) is 6.75. The zero-order chi connectivity index (χ0) is 19.9. The first kappa shape index (κ1) is 20.9. The number of nitrogens with zero attached hydrogens (tertiary/aromatic N) is 2. The van der Waals surface area contributed by atoms with Crippen LogP contribution in [0.25, 0.3) is 10.2 Å². The van der Waals surface area contributed by atoms with Gasteiger partial charge in [-0.15, -0.1) is 11.8 Å². The molecule has 6 nitrogen and oxygen atoms in total. The van der Waals surface area contributed by atoms with Crippen molar-refractivity contribution in [2.24, 2.45) is 12.0 Å². The van der Waals surface area contributed by atoms with Crippen molar-refractivity contribution in [3.05, 3.63) is 23.0 Å². The molecule has 2 aromatic rings. The minimum Gasteiger partial charge on any atom is -0.494 e. The first-order valence-corrected chi connectivity index (χ1v) is 11.7. The minimum atomic E-state index is -0.220. The van der Waals surface area contributed by atoms with Crippen molar-refractivity contribution < 1.29 is 14.3 Å². The molecular formula is C20H27N3O3S2. The predicted molar refractivity (Wildman–Crippen MR) is 115 cm³/mol. The summed E-state index contributed by atoms with van der Waals surface area (Å²) in [6.07, 6.45) is 5.77. The molecule has 2 amide bonds. The van der Waals surface area contributed by atoms with Gasteiger partial charge < -0.3 is 14.6 Å². The van der Waals surface area contributed by atoms with Crippen molar-refractivity contribution in [2.75, 3.05) is 18.1 Å². The number of hydrogen-bond acceptors (Lipinski definition) is 5. The molecule has 0 aliphatic heterocycles. The van der Waals surface area contributed by atoms with Crippen LogP contribution in [0.2, 0.25) is 0 Å². The lowest BCUT2D eigenvalue weighted by molar-refractivity contribution is -0.119. The summed E-state index contributed by atoms with van der Waals surface area (Å²) in [5, 5.41) is 3.07. The summed E-state index contributed by atoms with van der Waals surface area (Å²) in [7, 11) is 1.90. The van der Waals surface area contributed by atoms with Gasteiger partial charge in [0.1, 0.15) is 5.75 Å². The van der Waals surface area contributed by atoms with Crippen molar-refractivity contribution >= 4 is 45.1 Å². The Balaban J connectivity index is 1.55. The van der Waals surface area contributed by atoms with Crippen LogP contribution in [-0.2, 0) is 16.6 Å². The predicted octanol–water partition coefficient (Wildman–Crippen LogP) is 3.25. The van der Waals surface area contributed by atoms with E-state index in [0.29, 0.717) is 23.2 Å². The molecule has 1 aliphatic rings. The normalized spacial score (nSPS) is 15.7. The SMILES string of the molecule is CCOc1ccc2c(c1)sc(=NC(=O)CSCC(=O)NC1CCCCC1)n2C. The van der Waals surface area contributed by atoms with Crippen LogP contribution < -0.4 is 14.9 Å². The molecule has 1 N–H and O–H groups in total. The van der Waals surface area contributed by atoms with E-state index in [1.807, 2.05) is 36.7 Å². The second-order valence-electron chi connectivity index (χ2n) is 6.91. The van der Waals surface area contributed by atoms with Crippen molar-refractivity contribution in [1.82, 2.24) is 9.88 Å². The van der Waals surface area contributed by atoms with Crippen molar-refractivity contribution in [2.45, 2.75) is 45.1 Å². The molecule has 0 saturated heterocycles. The zero-order valence-electron chi connectivity index (χ0n) is 16.4. The summed E-state index contributed by atoms with van der Waals surface area (Å²) in [6.45, 7) is 2.56. The summed E-state index contributed by atoms with van der Waals surface area (Å²) in [6, 6.07) is 6.17. The van der Waals surface area contributed by atoms with Crippen molar-refractivity contribution in [3.63, 3.8) is 0 Å². The molecule has 1 fully saturated rings. The highest BCUT2D eigenvalue weighted by Gasteiger charge is 2.15. The molecule has 0 radical (unpaired) electrons. The molecule has 1 aromatic heterocycles. The maximum atomic E-state index is 12.2. The van der Waals surface area contributed by atoms with Gasteiger partial charge in [0.05, 0.1) is 28.3 Å². The number of aromatic nitrogens is 1. The van der Waals surface area contributed by atoms with Gasteiger partial charge >= 0.3 is 0 Å². The molecule has 0 atom stereocenters. The third kappa shape index (κ3) is 5.61. The van der Waals surface area contributed by atoms with Crippen LogP contribution in [-0.4, -0.2) is 40.5 Å². The number of hydrogen-bond donors (Lipinski definition) is 1. The van der Waals surface area contributed by atoms with Crippen LogP contribution in [0.15, 0.2) is 23.2 Å². The number of amides is 2. The van der Waals surface area contributed by atoms with E-state index in [4.69, 9.17) is 4.74 Å². The third-order valence-electron chi connectivity index (χ3n) is 4.74. The van der Waals surface area contributed by atoms with Crippen LogP contribution in [0.4, 0.5) is 0 Å². The molecule has 1 aromatic carbocycles. The van der Waals surface area contributed by atoms with Gasteiger partial charge in [0.25, 0.3) is 5.91 Å². The van der Waals surface area contributed by atoms with E-state index in [-0.39, 0.29) is 17.6 Å². The average molecular weight is 422 g/mol. The number of ether oxygens (including phenoxy) is 1. The van der Waals surface area contributed by atoms with E-state index in [1.54, 1.807) is 0 Å². The number of carbonyl (C=O) groups excluding carboxylic acids is 2. The number of nitrogens with one attached hydrogen (secondary N) is 1. The van der Waals surface area contributed by atoms with Gasteiger partial charge in [0.2, 0.25) is 5.91 Å². The molecule has 1 heterocycles. The average Bonchev–Trinajstić information content (AvgIpc) is 2.98. The van der Waals surface area contributed by atoms with Crippen LogP contribution in [0.5, 0.6) is 5.75 Å². The highest BCUT2D eigenvalue weighted by molar-refractivity contribution is 8.00. The van der Waals surface area contributed by atoms with Crippen LogP contribution in [0.1, 0.15) is 39.0 Å². The van der Waals surface area contributed by atoms with Crippen LogP contribution in [0.3, 0.4) is 0 Å². The molecule has 152 valence electrons. The number of carbonyl (C=O) groups is 2. The Bertz CT molecular complexity index is 898. The maximum absolute atomic E-state index is 12.2. The minimum absolute atomic E-state index is 0.0144. The van der Waals surface area contributed by atoms with E-state index in [2.05, 4.69) is 10.3 Å². The lowest BCUT2D eigenvalue weighted by atomic mass is 9.95. The van der Waals surface area contributed by atoms with Crippen molar-refractivity contribution in [1.29, 1.82) is 0 Å². The summed E-state index contributed by atoms with van der Waals surface area (Å²) in [5.74, 6) is 1.11. The van der Waals surface area contributed by atoms with Gasteiger partial charge in [-0.2, -0.15) is 4.99 Å². The van der Waals surface area contributed by atoms with E-state index in [1.165, 1.54) is 42.4 Å². The number of benzene rings is 1. The summed E-state index contributed by atoms with van der Waals surface area (Å²) in [4.78, 5) is 29.1. The van der Waals surface area contributed by atoms with E-state index >= 15 is 0 Å². The largest absolute Gasteiger partial charge is 0.494 e. The Kier molecular flexibility index (Phi) is 7.56. The lowest BCUT2D eigenvalue weighted by Gasteiger charge is -2.22. The Morgan fingerprint density at radius 2 is 2.07 bits per heavy atom. The highest BCUT2D eigenvalue weighted by Crippen LogP contribution is 2.23. The van der Waals surface area contributed by atoms with Crippen LogP contribution in [0, 0.1) is 0 Å². The quantitative estimate of drug-likeness (QED) is 0.745. The number of thioether (sulfide) groups is 1. The monoisotopic (exact) mass is 421 g/mol. The first-order chi connectivity index (χ1) is 13.6. The van der Waals surface area contributed by atoms with Gasteiger partial charge in [-0.1, -0.05) is 30.6 Å². The molecular weight excluding hydrogens is 394 g/mol. The summed E-state index contributed by atoms with van der Waals surface area (Å²) in [5.41, 5.74) is 1.01. The fourth-order valence-corrected chi connectivity index (χ4v) is 5.04.